The molecule has 148 valence electrons. The van der Waals surface area contributed by atoms with Gasteiger partial charge in [-0.3, -0.25) is 9.78 Å². The standard InChI is InChI=1S/C19H14F3N5O2/c1-10-5-11(29-12-7-24-18(25-8-12)19(20,21)22)6-15(26-10)13-9-23-14-3-4-16(28)27(2)17(13)14/h3-9,23H,1-2H3. The summed E-state index contributed by atoms with van der Waals surface area (Å²) in [6, 6.07) is 6.42. The summed E-state index contributed by atoms with van der Waals surface area (Å²) in [6.07, 6.45) is -0.970. The second kappa shape index (κ2) is 6.73. The molecule has 0 radical (unpaired) electrons. The number of hydrogen-bond donors (Lipinski definition) is 1. The number of aromatic amines is 1. The Morgan fingerprint density at radius 2 is 1.83 bits per heavy atom. The van der Waals surface area contributed by atoms with E-state index in [9.17, 15) is 18.0 Å². The van der Waals surface area contributed by atoms with Gasteiger partial charge >= 0.3 is 6.18 Å². The Morgan fingerprint density at radius 3 is 2.52 bits per heavy atom. The Kier molecular flexibility index (Phi) is 4.33. The number of rotatable bonds is 3. The van der Waals surface area contributed by atoms with Crippen LogP contribution in [0.5, 0.6) is 11.5 Å². The van der Waals surface area contributed by atoms with Crippen molar-refractivity contribution >= 4 is 11.0 Å². The first kappa shape index (κ1) is 18.7. The van der Waals surface area contributed by atoms with Crippen molar-refractivity contribution in [3.8, 4) is 22.8 Å². The van der Waals surface area contributed by atoms with Gasteiger partial charge in [-0.15, -0.1) is 0 Å². The van der Waals surface area contributed by atoms with Crippen LogP contribution in [-0.2, 0) is 13.2 Å². The average molecular weight is 401 g/mol. The lowest BCUT2D eigenvalue weighted by Gasteiger charge is -2.10. The van der Waals surface area contributed by atoms with Crippen molar-refractivity contribution in [2.45, 2.75) is 13.1 Å². The number of fused-ring (bicyclic) bond motifs is 1. The van der Waals surface area contributed by atoms with Gasteiger partial charge in [0, 0.05) is 42.7 Å². The zero-order valence-corrected chi connectivity index (χ0v) is 15.3. The highest BCUT2D eigenvalue weighted by Gasteiger charge is 2.34. The first-order chi connectivity index (χ1) is 13.7. The van der Waals surface area contributed by atoms with Crippen molar-refractivity contribution in [1.82, 2.24) is 24.5 Å². The van der Waals surface area contributed by atoms with Crippen molar-refractivity contribution in [2.75, 3.05) is 0 Å². The summed E-state index contributed by atoms with van der Waals surface area (Å²) in [5, 5.41) is 0. The highest BCUT2D eigenvalue weighted by molar-refractivity contribution is 5.91. The molecule has 0 unspecified atom stereocenters. The van der Waals surface area contributed by atoms with E-state index in [0.717, 1.165) is 17.9 Å². The molecular weight excluding hydrogens is 387 g/mol. The van der Waals surface area contributed by atoms with Gasteiger partial charge in [0.15, 0.2) is 5.75 Å². The van der Waals surface area contributed by atoms with Crippen LogP contribution in [-0.4, -0.2) is 24.5 Å². The second-order valence-corrected chi connectivity index (χ2v) is 6.37. The van der Waals surface area contributed by atoms with Gasteiger partial charge in [-0.25, -0.2) is 9.97 Å². The zero-order chi connectivity index (χ0) is 20.8. The SMILES string of the molecule is Cc1cc(Oc2cnc(C(F)(F)F)nc2)cc(-c2c[nH]c3ccc(=O)n(C)c23)n1. The van der Waals surface area contributed by atoms with Crippen LogP contribution in [0.25, 0.3) is 22.3 Å². The molecule has 0 aliphatic carbocycles. The predicted molar refractivity (Wildman–Crippen MR) is 98.6 cm³/mol. The van der Waals surface area contributed by atoms with Crippen LogP contribution in [0.2, 0.25) is 0 Å². The van der Waals surface area contributed by atoms with E-state index >= 15 is 0 Å². The van der Waals surface area contributed by atoms with Gasteiger partial charge in [0.05, 0.1) is 29.1 Å². The lowest BCUT2D eigenvalue weighted by molar-refractivity contribution is -0.145. The molecule has 7 nitrogen and oxygen atoms in total. The maximum atomic E-state index is 12.6. The number of hydrogen-bond acceptors (Lipinski definition) is 5. The molecule has 4 heterocycles. The van der Waals surface area contributed by atoms with Crippen molar-refractivity contribution in [3.05, 3.63) is 64.7 Å². The number of nitrogens with one attached hydrogen (secondary N) is 1. The van der Waals surface area contributed by atoms with Crippen LogP contribution < -0.4 is 10.3 Å². The largest absolute Gasteiger partial charge is 0.454 e. The molecule has 4 rings (SSSR count). The van der Waals surface area contributed by atoms with E-state index in [0.29, 0.717) is 28.2 Å². The number of ether oxygens (including phenoxy) is 1. The summed E-state index contributed by atoms with van der Waals surface area (Å²) in [7, 11) is 1.66. The summed E-state index contributed by atoms with van der Waals surface area (Å²) < 4.78 is 44.9. The fourth-order valence-electron chi connectivity index (χ4n) is 2.98. The zero-order valence-electron chi connectivity index (χ0n) is 15.3. The molecule has 0 aromatic carbocycles. The highest BCUT2D eigenvalue weighted by atomic mass is 19.4. The van der Waals surface area contributed by atoms with Crippen LogP contribution in [0.1, 0.15) is 11.5 Å². The lowest BCUT2D eigenvalue weighted by atomic mass is 10.1. The molecule has 0 saturated carbocycles. The quantitative estimate of drug-likeness (QED) is 0.564. The molecule has 29 heavy (non-hydrogen) atoms. The van der Waals surface area contributed by atoms with Gasteiger partial charge in [-0.1, -0.05) is 0 Å². The third-order valence-corrected chi connectivity index (χ3v) is 4.26. The minimum absolute atomic E-state index is 0.0564. The molecule has 0 fully saturated rings. The van der Waals surface area contributed by atoms with Crippen LogP contribution in [0.4, 0.5) is 13.2 Å². The third kappa shape index (κ3) is 3.56. The first-order valence-electron chi connectivity index (χ1n) is 8.45. The predicted octanol–water partition coefficient (Wildman–Crippen LogP) is 3.84. The summed E-state index contributed by atoms with van der Waals surface area (Å²) >= 11 is 0. The fraction of sp³-hybridized carbons (Fsp3) is 0.158. The number of alkyl halides is 3. The van der Waals surface area contributed by atoms with Crippen LogP contribution in [0, 0.1) is 6.92 Å². The first-order valence-corrected chi connectivity index (χ1v) is 8.45. The molecule has 4 aromatic rings. The Bertz CT molecular complexity index is 1260. The Labute approximate surface area is 161 Å². The Morgan fingerprint density at radius 1 is 1.10 bits per heavy atom. The monoisotopic (exact) mass is 401 g/mol. The minimum Gasteiger partial charge on any atom is -0.454 e. The number of aryl methyl sites for hydroxylation is 2. The van der Waals surface area contributed by atoms with Gasteiger partial charge in [-0.2, -0.15) is 13.2 Å². The Balaban J connectivity index is 1.72. The van der Waals surface area contributed by atoms with E-state index in [-0.39, 0.29) is 11.3 Å². The maximum absolute atomic E-state index is 12.6. The van der Waals surface area contributed by atoms with Crippen molar-refractivity contribution in [2.24, 2.45) is 7.05 Å². The third-order valence-electron chi connectivity index (χ3n) is 4.26. The van der Waals surface area contributed by atoms with Crippen molar-refractivity contribution in [3.63, 3.8) is 0 Å². The highest BCUT2D eigenvalue weighted by Crippen LogP contribution is 2.31. The molecule has 10 heteroatoms. The van der Waals surface area contributed by atoms with Gasteiger partial charge in [-0.05, 0) is 13.0 Å². The summed E-state index contributed by atoms with van der Waals surface area (Å²) in [5.74, 6) is -0.830. The van der Waals surface area contributed by atoms with Crippen molar-refractivity contribution in [1.29, 1.82) is 0 Å². The molecule has 0 amide bonds. The lowest BCUT2D eigenvalue weighted by Crippen LogP contribution is -2.14. The van der Waals surface area contributed by atoms with E-state index in [1.165, 1.54) is 10.6 Å². The maximum Gasteiger partial charge on any atom is 0.451 e. The smallest absolute Gasteiger partial charge is 0.451 e. The molecule has 0 bridgehead atoms. The fourth-order valence-corrected chi connectivity index (χ4v) is 2.98. The van der Waals surface area contributed by atoms with Crippen molar-refractivity contribution < 1.29 is 17.9 Å². The summed E-state index contributed by atoms with van der Waals surface area (Å²) in [4.78, 5) is 26.2. The van der Waals surface area contributed by atoms with Gasteiger partial charge in [0.2, 0.25) is 5.82 Å². The second-order valence-electron chi connectivity index (χ2n) is 6.37. The van der Waals surface area contributed by atoms with E-state index in [1.807, 2.05) is 0 Å². The number of halogens is 3. The molecule has 0 spiro atoms. The molecule has 0 aliphatic heterocycles. The number of pyridine rings is 2. The van der Waals surface area contributed by atoms with Crippen LogP contribution in [0.3, 0.4) is 0 Å². The minimum atomic E-state index is -4.62. The molecule has 0 atom stereocenters. The summed E-state index contributed by atoms with van der Waals surface area (Å²) in [5.41, 5.74) is 3.14. The number of aromatic nitrogens is 5. The molecule has 0 saturated heterocycles. The normalized spacial score (nSPS) is 11.8. The van der Waals surface area contributed by atoms with E-state index in [4.69, 9.17) is 4.74 Å². The number of H-pyrrole nitrogens is 1. The van der Waals surface area contributed by atoms with Gasteiger partial charge in [0.25, 0.3) is 5.56 Å². The van der Waals surface area contributed by atoms with E-state index in [1.54, 1.807) is 38.4 Å². The van der Waals surface area contributed by atoms with Crippen LogP contribution in [0.15, 0.2) is 47.7 Å². The van der Waals surface area contributed by atoms with Gasteiger partial charge < -0.3 is 14.3 Å². The number of nitrogens with zero attached hydrogens (tertiary/aromatic N) is 4. The Hall–Kier alpha value is -3.69. The molecule has 0 aliphatic rings. The topological polar surface area (TPSA) is 85.7 Å². The molecule has 1 N–H and O–H groups in total. The van der Waals surface area contributed by atoms with E-state index < -0.39 is 12.0 Å². The van der Waals surface area contributed by atoms with Crippen LogP contribution >= 0.6 is 0 Å². The van der Waals surface area contributed by atoms with Gasteiger partial charge in [0.1, 0.15) is 5.75 Å². The molecular formula is C19H14F3N5O2. The van der Waals surface area contributed by atoms with E-state index in [2.05, 4.69) is 19.9 Å². The average Bonchev–Trinajstić information content (AvgIpc) is 3.09. The summed E-state index contributed by atoms with van der Waals surface area (Å²) in [6.45, 7) is 1.76. The molecule has 4 aromatic heterocycles.